The van der Waals surface area contributed by atoms with E-state index >= 15 is 0 Å². The Morgan fingerprint density at radius 1 is 1.55 bits per heavy atom. The summed E-state index contributed by atoms with van der Waals surface area (Å²) in [4.78, 5) is 37.9. The van der Waals surface area contributed by atoms with Gasteiger partial charge in [-0.25, -0.2) is 9.78 Å². The molecule has 1 heterocycles. The molecule has 0 saturated carbocycles. The standard InChI is InChI=1S/C12H17N3O4S/c1-3-5-15-6-4-13-10(11(15)17)20-7-9(12(18)19)14-8(2)16/h4,6,9H,3,5,7H2,1-2H3,(H,14,16)(H,18,19). The van der Waals surface area contributed by atoms with Gasteiger partial charge >= 0.3 is 5.97 Å². The van der Waals surface area contributed by atoms with E-state index in [1.807, 2.05) is 6.92 Å². The highest BCUT2D eigenvalue weighted by Crippen LogP contribution is 2.11. The van der Waals surface area contributed by atoms with Gasteiger partial charge in [-0.1, -0.05) is 18.7 Å². The van der Waals surface area contributed by atoms with Crippen LogP contribution in [0.3, 0.4) is 0 Å². The van der Waals surface area contributed by atoms with Crippen LogP contribution in [-0.2, 0) is 16.1 Å². The second-order valence-electron chi connectivity index (χ2n) is 4.13. The number of aromatic nitrogens is 2. The number of amides is 1. The number of carboxylic acids is 1. The van der Waals surface area contributed by atoms with E-state index in [4.69, 9.17) is 5.11 Å². The summed E-state index contributed by atoms with van der Waals surface area (Å²) in [7, 11) is 0. The Hall–Kier alpha value is -1.83. The molecule has 0 saturated heterocycles. The van der Waals surface area contributed by atoms with Crippen LogP contribution in [0.5, 0.6) is 0 Å². The fourth-order valence-electron chi connectivity index (χ4n) is 1.53. The summed E-state index contributed by atoms with van der Waals surface area (Å²) >= 11 is 1.03. The number of nitrogens with one attached hydrogen (secondary N) is 1. The summed E-state index contributed by atoms with van der Waals surface area (Å²) in [6.45, 7) is 3.79. The minimum absolute atomic E-state index is 0.0489. The minimum Gasteiger partial charge on any atom is -0.480 e. The first-order valence-electron chi connectivity index (χ1n) is 6.13. The van der Waals surface area contributed by atoms with Crippen molar-refractivity contribution in [2.75, 3.05) is 5.75 Å². The topological polar surface area (TPSA) is 101 Å². The van der Waals surface area contributed by atoms with Crippen molar-refractivity contribution in [1.82, 2.24) is 14.9 Å². The van der Waals surface area contributed by atoms with Gasteiger partial charge in [0.15, 0.2) is 5.03 Å². The van der Waals surface area contributed by atoms with Crippen LogP contribution < -0.4 is 10.9 Å². The molecule has 1 unspecified atom stereocenters. The zero-order valence-electron chi connectivity index (χ0n) is 11.3. The third-order valence-electron chi connectivity index (χ3n) is 2.41. The minimum atomic E-state index is -1.14. The van der Waals surface area contributed by atoms with Gasteiger partial charge < -0.3 is 15.0 Å². The van der Waals surface area contributed by atoms with E-state index in [1.165, 1.54) is 17.7 Å². The molecule has 0 aliphatic rings. The largest absolute Gasteiger partial charge is 0.480 e. The lowest BCUT2D eigenvalue weighted by Gasteiger charge is -2.12. The van der Waals surface area contributed by atoms with Crippen molar-refractivity contribution in [3.05, 3.63) is 22.7 Å². The second kappa shape index (κ2) is 7.68. The van der Waals surface area contributed by atoms with E-state index in [0.29, 0.717) is 6.54 Å². The molecule has 20 heavy (non-hydrogen) atoms. The molecule has 2 N–H and O–H groups in total. The fourth-order valence-corrected chi connectivity index (χ4v) is 2.45. The number of carbonyl (C=O) groups excluding carboxylic acids is 1. The molecule has 0 aliphatic carbocycles. The quantitative estimate of drug-likeness (QED) is 0.704. The molecule has 0 radical (unpaired) electrons. The Kier molecular flexibility index (Phi) is 6.23. The van der Waals surface area contributed by atoms with Crippen molar-refractivity contribution in [3.63, 3.8) is 0 Å². The summed E-state index contributed by atoms with van der Waals surface area (Å²) in [6, 6.07) is -1.04. The van der Waals surface area contributed by atoms with Gasteiger partial charge in [0.1, 0.15) is 6.04 Å². The third-order valence-corrected chi connectivity index (χ3v) is 3.46. The third kappa shape index (κ3) is 4.69. The van der Waals surface area contributed by atoms with Crippen LogP contribution in [0.2, 0.25) is 0 Å². The first-order chi connectivity index (χ1) is 9.45. The zero-order valence-corrected chi connectivity index (χ0v) is 12.1. The van der Waals surface area contributed by atoms with Crippen molar-refractivity contribution in [1.29, 1.82) is 0 Å². The number of nitrogens with zero attached hydrogens (tertiary/aromatic N) is 2. The van der Waals surface area contributed by atoms with Crippen LogP contribution in [0.1, 0.15) is 20.3 Å². The van der Waals surface area contributed by atoms with Gasteiger partial charge in [-0.3, -0.25) is 9.59 Å². The predicted octanol–water partition coefficient (Wildman–Crippen LogP) is 0.335. The maximum Gasteiger partial charge on any atom is 0.327 e. The molecule has 0 aromatic carbocycles. The molecule has 1 aromatic heterocycles. The number of hydrogen-bond donors (Lipinski definition) is 2. The van der Waals surface area contributed by atoms with Gasteiger partial charge in [-0.05, 0) is 6.42 Å². The van der Waals surface area contributed by atoms with Gasteiger partial charge in [0.25, 0.3) is 5.56 Å². The zero-order chi connectivity index (χ0) is 15.1. The lowest BCUT2D eigenvalue weighted by molar-refractivity contribution is -0.140. The van der Waals surface area contributed by atoms with Crippen LogP contribution >= 0.6 is 11.8 Å². The molecule has 110 valence electrons. The molecule has 8 heteroatoms. The Morgan fingerprint density at radius 3 is 2.80 bits per heavy atom. The average Bonchev–Trinajstić information content (AvgIpc) is 2.37. The molecule has 1 rings (SSSR count). The summed E-state index contributed by atoms with van der Waals surface area (Å²) in [5.74, 6) is -1.52. The molecule has 0 fully saturated rings. The van der Waals surface area contributed by atoms with E-state index < -0.39 is 17.9 Å². The Morgan fingerprint density at radius 2 is 2.25 bits per heavy atom. The normalized spacial score (nSPS) is 11.9. The summed E-state index contributed by atoms with van der Waals surface area (Å²) in [5, 5.41) is 11.5. The summed E-state index contributed by atoms with van der Waals surface area (Å²) < 4.78 is 1.53. The van der Waals surface area contributed by atoms with Gasteiger partial charge in [-0.15, -0.1) is 0 Å². The molecular weight excluding hydrogens is 282 g/mol. The maximum atomic E-state index is 12.0. The number of carboxylic acid groups (broad SMARTS) is 1. The van der Waals surface area contributed by atoms with Crippen molar-refractivity contribution >= 4 is 23.6 Å². The highest BCUT2D eigenvalue weighted by Gasteiger charge is 2.19. The van der Waals surface area contributed by atoms with Crippen LogP contribution in [0.4, 0.5) is 0 Å². The number of hydrogen-bond acceptors (Lipinski definition) is 5. The van der Waals surface area contributed by atoms with Crippen LogP contribution in [0, 0.1) is 0 Å². The monoisotopic (exact) mass is 299 g/mol. The van der Waals surface area contributed by atoms with Crippen LogP contribution in [0.25, 0.3) is 0 Å². The summed E-state index contributed by atoms with van der Waals surface area (Å²) in [5.41, 5.74) is -0.244. The number of aliphatic carboxylic acids is 1. The molecular formula is C12H17N3O4S. The lowest BCUT2D eigenvalue weighted by Crippen LogP contribution is -2.41. The van der Waals surface area contributed by atoms with Crippen molar-refractivity contribution in [2.24, 2.45) is 0 Å². The second-order valence-corrected chi connectivity index (χ2v) is 5.14. The van der Waals surface area contributed by atoms with Crippen LogP contribution in [-0.4, -0.2) is 38.3 Å². The Labute approximate surface area is 120 Å². The fraction of sp³-hybridized carbons (Fsp3) is 0.500. The van der Waals surface area contributed by atoms with Crippen molar-refractivity contribution < 1.29 is 14.7 Å². The molecule has 0 bridgehead atoms. The number of aryl methyl sites for hydroxylation is 1. The number of rotatable bonds is 7. The molecule has 1 aromatic rings. The van der Waals surface area contributed by atoms with Crippen LogP contribution in [0.15, 0.2) is 22.2 Å². The first kappa shape index (κ1) is 16.2. The van der Waals surface area contributed by atoms with E-state index in [1.54, 1.807) is 6.20 Å². The number of carbonyl (C=O) groups is 2. The Balaban J connectivity index is 2.78. The van der Waals surface area contributed by atoms with Gasteiger partial charge in [0, 0.05) is 31.6 Å². The summed E-state index contributed by atoms with van der Waals surface area (Å²) in [6.07, 6.45) is 3.92. The Bertz CT molecular complexity index is 544. The van der Waals surface area contributed by atoms with Gasteiger partial charge in [0.05, 0.1) is 0 Å². The highest BCUT2D eigenvalue weighted by molar-refractivity contribution is 7.99. The molecule has 1 amide bonds. The lowest BCUT2D eigenvalue weighted by atomic mass is 10.3. The number of thioether (sulfide) groups is 1. The van der Waals surface area contributed by atoms with Crippen molar-refractivity contribution in [2.45, 2.75) is 37.9 Å². The molecule has 7 nitrogen and oxygen atoms in total. The maximum absolute atomic E-state index is 12.0. The first-order valence-corrected chi connectivity index (χ1v) is 7.12. The molecule has 0 aliphatic heterocycles. The van der Waals surface area contributed by atoms with Gasteiger partial charge in [-0.2, -0.15) is 0 Å². The SMILES string of the molecule is CCCn1ccnc(SCC(NC(C)=O)C(=O)O)c1=O. The van der Waals surface area contributed by atoms with E-state index in [0.717, 1.165) is 18.2 Å². The van der Waals surface area contributed by atoms with E-state index in [9.17, 15) is 14.4 Å². The van der Waals surface area contributed by atoms with Crippen molar-refractivity contribution in [3.8, 4) is 0 Å². The molecule has 0 spiro atoms. The van der Waals surface area contributed by atoms with E-state index in [2.05, 4.69) is 10.3 Å². The van der Waals surface area contributed by atoms with Gasteiger partial charge in [0.2, 0.25) is 5.91 Å². The van der Waals surface area contributed by atoms with E-state index in [-0.39, 0.29) is 16.3 Å². The predicted molar refractivity (Wildman–Crippen MR) is 74.8 cm³/mol. The average molecular weight is 299 g/mol. The molecule has 1 atom stereocenters. The smallest absolute Gasteiger partial charge is 0.327 e. The highest BCUT2D eigenvalue weighted by atomic mass is 32.2.